The zero-order valence-electron chi connectivity index (χ0n) is 16.1. The normalized spacial score (nSPS) is 11.5. The Morgan fingerprint density at radius 2 is 1.92 bits per heavy atom. The fourth-order valence-electron chi connectivity index (χ4n) is 2.71. The van der Waals surface area contributed by atoms with E-state index in [2.05, 4.69) is 18.7 Å². The van der Waals surface area contributed by atoms with E-state index in [9.17, 15) is 9.59 Å². The maximum atomic E-state index is 13.1. The van der Waals surface area contributed by atoms with Crippen LogP contribution in [0.1, 0.15) is 30.1 Å². The quantitative estimate of drug-likeness (QED) is 0.489. The monoisotopic (exact) mass is 381 g/mol. The van der Waals surface area contributed by atoms with E-state index in [0.717, 1.165) is 28.4 Å². The Bertz CT molecular complexity index is 824. The van der Waals surface area contributed by atoms with Crippen molar-refractivity contribution in [3.05, 3.63) is 26.6 Å². The molecule has 0 spiro atoms. The Hall–Kier alpha value is -1.77. The molecule has 2 aromatic heterocycles. The number of hydrogen-bond acceptors (Lipinski definition) is 7. The maximum absolute atomic E-state index is 13.1. The minimum absolute atomic E-state index is 0.142. The molecule has 2 aromatic rings. The van der Waals surface area contributed by atoms with Crippen LogP contribution in [-0.2, 0) is 27.4 Å². The van der Waals surface area contributed by atoms with Crippen molar-refractivity contribution in [3.8, 4) is 0 Å². The van der Waals surface area contributed by atoms with Crippen LogP contribution < -0.4 is 5.56 Å². The van der Waals surface area contributed by atoms with Gasteiger partial charge in [-0.2, -0.15) is 0 Å². The fraction of sp³-hybridized carbons (Fsp3) is 0.611. The second-order valence-corrected chi connectivity index (χ2v) is 7.26. The minimum atomic E-state index is -0.462. The second kappa shape index (κ2) is 9.25. The van der Waals surface area contributed by atoms with Gasteiger partial charge in [-0.25, -0.2) is 4.98 Å². The molecule has 0 bridgehead atoms. The zero-order valence-corrected chi connectivity index (χ0v) is 16.9. The Morgan fingerprint density at radius 1 is 1.23 bits per heavy atom. The molecule has 0 aromatic carbocycles. The largest absolute Gasteiger partial charge is 0.462 e. The first-order valence-electron chi connectivity index (χ1n) is 8.79. The average molecular weight is 381 g/mol. The van der Waals surface area contributed by atoms with E-state index in [-0.39, 0.29) is 18.7 Å². The molecule has 0 radical (unpaired) electrons. The summed E-state index contributed by atoms with van der Waals surface area (Å²) >= 11 is 1.52. The van der Waals surface area contributed by atoms with Gasteiger partial charge in [0.2, 0.25) is 0 Å². The van der Waals surface area contributed by atoms with Crippen molar-refractivity contribution < 1.29 is 14.3 Å². The van der Waals surface area contributed by atoms with Gasteiger partial charge in [0.05, 0.1) is 18.5 Å². The highest BCUT2D eigenvalue weighted by atomic mass is 32.1. The summed E-state index contributed by atoms with van der Waals surface area (Å²) in [6, 6.07) is 0. The van der Waals surface area contributed by atoms with Crippen molar-refractivity contribution in [2.45, 2.75) is 40.8 Å². The molecule has 0 aliphatic rings. The summed E-state index contributed by atoms with van der Waals surface area (Å²) in [6.07, 6.45) is 0. The highest BCUT2D eigenvalue weighted by molar-refractivity contribution is 7.18. The van der Waals surface area contributed by atoms with E-state index in [1.54, 1.807) is 7.11 Å². The van der Waals surface area contributed by atoms with Crippen LogP contribution in [0.4, 0.5) is 0 Å². The van der Waals surface area contributed by atoms with E-state index in [4.69, 9.17) is 14.5 Å². The molecule has 26 heavy (non-hydrogen) atoms. The van der Waals surface area contributed by atoms with Crippen molar-refractivity contribution in [2.75, 3.05) is 33.4 Å². The van der Waals surface area contributed by atoms with Gasteiger partial charge in [0, 0.05) is 12.0 Å². The van der Waals surface area contributed by atoms with Gasteiger partial charge in [0.1, 0.15) is 23.8 Å². The first-order valence-corrected chi connectivity index (χ1v) is 9.60. The lowest BCUT2D eigenvalue weighted by Gasteiger charge is -2.20. The van der Waals surface area contributed by atoms with Gasteiger partial charge < -0.3 is 9.47 Å². The number of fused-ring (bicyclic) bond motifs is 1. The minimum Gasteiger partial charge on any atom is -0.462 e. The molecule has 144 valence electrons. The van der Waals surface area contributed by atoms with Crippen molar-refractivity contribution in [3.63, 3.8) is 0 Å². The molecule has 0 N–H and O–H groups in total. The summed E-state index contributed by atoms with van der Waals surface area (Å²) in [7, 11) is 1.54. The molecule has 0 saturated carbocycles. The number of carbonyl (C=O) groups excluding carboxylic acids is 1. The standard InChI is InChI=1S/C18H27N3O4S/c1-6-20(7-2)10-14-19-17-16(12(3)13(4)26-17)18(23)21(14)11-15(22)25-9-8-24-5/h6-11H2,1-5H3. The van der Waals surface area contributed by atoms with Crippen molar-refractivity contribution in [1.29, 1.82) is 0 Å². The number of ether oxygens (including phenoxy) is 2. The second-order valence-electron chi connectivity index (χ2n) is 6.06. The lowest BCUT2D eigenvalue weighted by atomic mass is 10.2. The van der Waals surface area contributed by atoms with Crippen LogP contribution in [0.3, 0.4) is 0 Å². The number of esters is 1. The number of carbonyl (C=O) groups is 1. The van der Waals surface area contributed by atoms with Gasteiger partial charge in [-0.05, 0) is 32.5 Å². The van der Waals surface area contributed by atoms with Crippen molar-refractivity contribution in [1.82, 2.24) is 14.5 Å². The topological polar surface area (TPSA) is 73.7 Å². The molecule has 0 aliphatic heterocycles. The number of thiophene rings is 1. The van der Waals surface area contributed by atoms with E-state index in [1.807, 2.05) is 13.8 Å². The first-order chi connectivity index (χ1) is 12.4. The molecule has 0 amide bonds. The molecule has 0 unspecified atom stereocenters. The smallest absolute Gasteiger partial charge is 0.326 e. The van der Waals surface area contributed by atoms with Crippen molar-refractivity contribution >= 4 is 27.5 Å². The molecule has 7 nitrogen and oxygen atoms in total. The third kappa shape index (κ3) is 4.49. The zero-order chi connectivity index (χ0) is 19.3. The van der Waals surface area contributed by atoms with E-state index in [0.29, 0.717) is 24.4 Å². The molecule has 0 atom stereocenters. The fourth-order valence-corrected chi connectivity index (χ4v) is 3.75. The van der Waals surface area contributed by atoms with Crippen LogP contribution in [0, 0.1) is 13.8 Å². The van der Waals surface area contributed by atoms with E-state index in [1.165, 1.54) is 15.9 Å². The van der Waals surface area contributed by atoms with Crippen LogP contribution >= 0.6 is 11.3 Å². The van der Waals surface area contributed by atoms with Crippen LogP contribution in [0.25, 0.3) is 10.2 Å². The summed E-state index contributed by atoms with van der Waals surface area (Å²) in [5.74, 6) is 0.131. The molecule has 2 rings (SSSR count). The first kappa shape index (κ1) is 20.5. The summed E-state index contributed by atoms with van der Waals surface area (Å²) in [4.78, 5) is 33.9. The van der Waals surface area contributed by atoms with Gasteiger partial charge >= 0.3 is 5.97 Å². The molecule has 0 saturated heterocycles. The SMILES string of the molecule is CCN(CC)Cc1nc2sc(C)c(C)c2c(=O)n1CC(=O)OCCOC. The van der Waals surface area contributed by atoms with Gasteiger partial charge in [-0.1, -0.05) is 13.8 Å². The Kier molecular flexibility index (Phi) is 7.31. The number of nitrogens with zero attached hydrogens (tertiary/aromatic N) is 3. The summed E-state index contributed by atoms with van der Waals surface area (Å²) < 4.78 is 11.5. The van der Waals surface area contributed by atoms with Crippen LogP contribution in [0.5, 0.6) is 0 Å². The maximum Gasteiger partial charge on any atom is 0.326 e. The number of rotatable bonds is 9. The van der Waals surface area contributed by atoms with Crippen molar-refractivity contribution in [2.24, 2.45) is 0 Å². The number of aromatic nitrogens is 2. The average Bonchev–Trinajstić information content (AvgIpc) is 2.90. The van der Waals surface area contributed by atoms with Crippen LogP contribution in [-0.4, -0.2) is 53.8 Å². The summed E-state index contributed by atoms with van der Waals surface area (Å²) in [5.41, 5.74) is 0.751. The lowest BCUT2D eigenvalue weighted by molar-refractivity contribution is -0.145. The van der Waals surface area contributed by atoms with E-state index >= 15 is 0 Å². The lowest BCUT2D eigenvalue weighted by Crippen LogP contribution is -2.33. The molecule has 0 aliphatic carbocycles. The Morgan fingerprint density at radius 3 is 2.54 bits per heavy atom. The third-order valence-electron chi connectivity index (χ3n) is 4.47. The van der Waals surface area contributed by atoms with Gasteiger partial charge in [0.15, 0.2) is 0 Å². The Balaban J connectivity index is 2.45. The molecule has 2 heterocycles. The van der Waals surface area contributed by atoms with Gasteiger partial charge in [-0.3, -0.25) is 19.1 Å². The number of aryl methyl sites for hydroxylation is 2. The highest BCUT2D eigenvalue weighted by Crippen LogP contribution is 2.26. The molecule has 0 fully saturated rings. The Labute approximate surface area is 157 Å². The predicted octanol–water partition coefficient (Wildman–Crippen LogP) is 2.11. The molecular formula is C18H27N3O4S. The van der Waals surface area contributed by atoms with Crippen LogP contribution in [0.15, 0.2) is 4.79 Å². The number of methoxy groups -OCH3 is 1. The van der Waals surface area contributed by atoms with E-state index < -0.39 is 5.97 Å². The van der Waals surface area contributed by atoms with Gasteiger partial charge in [0.25, 0.3) is 5.56 Å². The predicted molar refractivity (Wildman–Crippen MR) is 103 cm³/mol. The van der Waals surface area contributed by atoms with Crippen LogP contribution in [0.2, 0.25) is 0 Å². The van der Waals surface area contributed by atoms with Gasteiger partial charge in [-0.15, -0.1) is 11.3 Å². The summed E-state index contributed by atoms with van der Waals surface area (Å²) in [6.45, 7) is 10.6. The molecular weight excluding hydrogens is 354 g/mol. The third-order valence-corrected chi connectivity index (χ3v) is 5.57. The summed E-state index contributed by atoms with van der Waals surface area (Å²) in [5, 5.41) is 0.598. The number of hydrogen-bond donors (Lipinski definition) is 0. The highest BCUT2D eigenvalue weighted by Gasteiger charge is 2.19. The molecule has 8 heteroatoms.